The van der Waals surface area contributed by atoms with E-state index in [0.29, 0.717) is 36.4 Å². The summed E-state index contributed by atoms with van der Waals surface area (Å²) >= 11 is 0. The number of hydrogen-bond acceptors (Lipinski definition) is 6. The Labute approximate surface area is 298 Å². The van der Waals surface area contributed by atoms with Crippen LogP contribution in [0.4, 0.5) is 23.2 Å². The van der Waals surface area contributed by atoms with Crippen molar-refractivity contribution in [2.45, 2.75) is 82.1 Å². The number of rotatable bonds is 9. The van der Waals surface area contributed by atoms with Crippen LogP contribution in [0.25, 0.3) is 0 Å². The van der Waals surface area contributed by atoms with Gasteiger partial charge in [0.2, 0.25) is 5.91 Å². The third-order valence-corrected chi connectivity index (χ3v) is 12.3. The van der Waals surface area contributed by atoms with Crippen molar-refractivity contribution in [3.05, 3.63) is 59.2 Å². The minimum atomic E-state index is -4.63. The van der Waals surface area contributed by atoms with E-state index in [1.807, 2.05) is 31.2 Å². The van der Waals surface area contributed by atoms with E-state index >= 15 is 4.39 Å². The largest absolute Gasteiger partial charge is 0.497 e. The fraction of sp³-hybridized carbons (Fsp3) is 0.641. The number of carboxylic acid groups (broad SMARTS) is 1. The van der Waals surface area contributed by atoms with Crippen LogP contribution in [0.1, 0.15) is 80.9 Å². The highest BCUT2D eigenvalue weighted by Gasteiger charge is 2.57. The van der Waals surface area contributed by atoms with Gasteiger partial charge in [0.05, 0.1) is 37.2 Å². The van der Waals surface area contributed by atoms with E-state index in [1.54, 1.807) is 16.9 Å². The van der Waals surface area contributed by atoms with Crippen LogP contribution in [0.5, 0.6) is 5.75 Å². The maximum atomic E-state index is 17.4. The summed E-state index contributed by atoms with van der Waals surface area (Å²) in [4.78, 5) is 32.3. The van der Waals surface area contributed by atoms with E-state index in [9.17, 15) is 27.9 Å². The molecule has 2 aromatic rings. The molecule has 4 aliphatic rings. The molecule has 0 unspecified atom stereocenters. The Bertz CT molecular complexity index is 1560. The molecule has 0 aromatic heterocycles. The van der Waals surface area contributed by atoms with E-state index in [1.165, 1.54) is 13.2 Å². The molecule has 1 N–H and O–H groups in total. The molecule has 0 spiro atoms. The van der Waals surface area contributed by atoms with Crippen LogP contribution < -0.4 is 9.64 Å². The van der Waals surface area contributed by atoms with E-state index in [4.69, 9.17) is 9.47 Å². The van der Waals surface area contributed by atoms with Gasteiger partial charge >= 0.3 is 12.1 Å². The fourth-order valence-corrected chi connectivity index (χ4v) is 9.26. The molecule has 2 aromatic carbocycles. The average Bonchev–Trinajstić information content (AvgIpc) is 3.65. The number of alkyl halides is 4. The average molecular weight is 718 g/mol. The monoisotopic (exact) mass is 717 g/mol. The number of carboxylic acids is 1. The van der Waals surface area contributed by atoms with E-state index in [2.05, 4.69) is 11.8 Å². The number of piperidine rings is 1. The first kappa shape index (κ1) is 37.4. The molecule has 51 heavy (non-hydrogen) atoms. The summed E-state index contributed by atoms with van der Waals surface area (Å²) in [5.41, 5.74) is -2.21. The third kappa shape index (κ3) is 7.45. The second-order valence-corrected chi connectivity index (χ2v) is 15.7. The second-order valence-electron chi connectivity index (χ2n) is 15.7. The smallest absolute Gasteiger partial charge is 0.416 e. The molecule has 280 valence electrons. The number of carbonyl (C=O) groups excluding carboxylic acids is 1. The Morgan fingerprint density at radius 1 is 0.922 bits per heavy atom. The van der Waals surface area contributed by atoms with Gasteiger partial charge in [-0.05, 0) is 86.8 Å². The number of methoxy groups -OCH3 is 2. The number of halogens is 4. The van der Waals surface area contributed by atoms with E-state index < -0.39 is 40.6 Å². The number of carbonyl (C=O) groups is 2. The number of amides is 1. The van der Waals surface area contributed by atoms with Crippen molar-refractivity contribution in [1.82, 2.24) is 9.80 Å². The normalized spacial score (nSPS) is 30.9. The van der Waals surface area contributed by atoms with Gasteiger partial charge in [-0.2, -0.15) is 13.2 Å². The Kier molecular flexibility index (Phi) is 10.7. The fourth-order valence-electron chi connectivity index (χ4n) is 9.26. The van der Waals surface area contributed by atoms with Crippen molar-refractivity contribution in [3.63, 3.8) is 0 Å². The van der Waals surface area contributed by atoms with Crippen LogP contribution in [-0.2, 0) is 20.5 Å². The van der Waals surface area contributed by atoms with Crippen molar-refractivity contribution in [3.8, 4) is 5.75 Å². The second kappa shape index (κ2) is 14.6. The minimum Gasteiger partial charge on any atom is -0.497 e. The Hall–Kier alpha value is -3.38. The molecule has 1 amide bonds. The predicted octanol–water partition coefficient (Wildman–Crippen LogP) is 6.98. The van der Waals surface area contributed by atoms with Crippen molar-refractivity contribution < 1.29 is 41.7 Å². The van der Waals surface area contributed by atoms with Crippen LogP contribution in [0.15, 0.2) is 42.5 Å². The highest BCUT2D eigenvalue weighted by Crippen LogP contribution is 2.50. The summed E-state index contributed by atoms with van der Waals surface area (Å²) in [6.45, 7) is 5.31. The SMILES string of the molecule is COC[C@@]1(F)CN(C(=O)[C@]2(C)CN(C3CCC(C)CC3)C[C@H]2c2ccc(OC)cc2)C[C@@H]1c1ccc(C(F)(F)F)cc1N1CCC(C(=O)O)CC1. The van der Waals surface area contributed by atoms with Crippen LogP contribution in [0.3, 0.4) is 0 Å². The molecule has 0 radical (unpaired) electrons. The molecule has 3 heterocycles. The molecular weight excluding hydrogens is 666 g/mol. The summed E-state index contributed by atoms with van der Waals surface area (Å²) in [6, 6.07) is 11.5. The standard InChI is InChI=1S/C39H51F4N3O5/c1-25-5-10-29(11-6-25)45-20-32(26-7-12-30(51-4)13-8-26)37(2,22-45)36(49)46-21-33(38(40,23-46)24-50-3)31-14-9-28(39(41,42)43)19-34(31)44-17-15-27(16-18-44)35(47)48/h7-9,12-14,19,25,27,29,32-33H,5-6,10-11,15-18,20-24H2,1-4H3,(H,47,48)/t25?,29?,32-,33+,37+,38-/m0/s1. The topological polar surface area (TPSA) is 82.6 Å². The lowest BCUT2D eigenvalue weighted by molar-refractivity contribution is -0.142. The summed E-state index contributed by atoms with van der Waals surface area (Å²) in [5, 5.41) is 9.53. The van der Waals surface area contributed by atoms with Crippen molar-refractivity contribution in [2.24, 2.45) is 17.3 Å². The number of anilines is 1. The van der Waals surface area contributed by atoms with Gasteiger partial charge in [-0.3, -0.25) is 14.5 Å². The van der Waals surface area contributed by atoms with E-state index in [-0.39, 0.29) is 63.1 Å². The molecular formula is C39H51F4N3O5. The molecule has 3 aliphatic heterocycles. The molecule has 4 fully saturated rings. The summed E-state index contributed by atoms with van der Waals surface area (Å²) in [5.74, 6) is -1.44. The van der Waals surface area contributed by atoms with Gasteiger partial charge < -0.3 is 24.4 Å². The Morgan fingerprint density at radius 3 is 2.18 bits per heavy atom. The van der Waals surface area contributed by atoms with Gasteiger partial charge in [-0.1, -0.05) is 25.1 Å². The van der Waals surface area contributed by atoms with Crippen LogP contribution >= 0.6 is 0 Å². The van der Waals surface area contributed by atoms with E-state index in [0.717, 1.165) is 43.4 Å². The highest BCUT2D eigenvalue weighted by molar-refractivity contribution is 5.85. The van der Waals surface area contributed by atoms with Crippen molar-refractivity contribution in [2.75, 3.05) is 65.0 Å². The van der Waals surface area contributed by atoms with Crippen molar-refractivity contribution >= 4 is 17.6 Å². The Balaban J connectivity index is 1.34. The Morgan fingerprint density at radius 2 is 1.59 bits per heavy atom. The molecule has 4 atom stereocenters. The zero-order valence-electron chi connectivity index (χ0n) is 30.1. The summed E-state index contributed by atoms with van der Waals surface area (Å²) < 4.78 is 70.2. The molecule has 0 bridgehead atoms. The number of likely N-dealkylation sites (tertiary alicyclic amines) is 2. The maximum Gasteiger partial charge on any atom is 0.416 e. The number of aliphatic carboxylic acids is 1. The van der Waals surface area contributed by atoms with Crippen LogP contribution in [-0.4, -0.2) is 98.6 Å². The molecule has 6 rings (SSSR count). The lowest BCUT2D eigenvalue weighted by Gasteiger charge is -2.36. The maximum absolute atomic E-state index is 17.4. The number of ether oxygens (including phenoxy) is 2. The highest BCUT2D eigenvalue weighted by atomic mass is 19.4. The first-order chi connectivity index (χ1) is 24.2. The zero-order chi connectivity index (χ0) is 36.7. The zero-order valence-corrected chi connectivity index (χ0v) is 30.1. The first-order valence-corrected chi connectivity index (χ1v) is 18.2. The minimum absolute atomic E-state index is 0.0193. The third-order valence-electron chi connectivity index (χ3n) is 12.3. The number of hydrogen-bond donors (Lipinski definition) is 1. The van der Waals surface area contributed by atoms with Gasteiger partial charge in [0.25, 0.3) is 0 Å². The molecule has 1 aliphatic carbocycles. The predicted molar refractivity (Wildman–Crippen MR) is 186 cm³/mol. The summed E-state index contributed by atoms with van der Waals surface area (Å²) in [7, 11) is 2.99. The molecule has 1 saturated carbocycles. The van der Waals surface area contributed by atoms with Gasteiger partial charge in [-0.25, -0.2) is 4.39 Å². The molecule has 3 saturated heterocycles. The van der Waals surface area contributed by atoms with Crippen LogP contribution in [0, 0.1) is 17.3 Å². The number of nitrogens with zero attached hydrogens (tertiary/aromatic N) is 3. The number of benzene rings is 2. The molecule has 12 heteroatoms. The van der Waals surface area contributed by atoms with Gasteiger partial charge in [0, 0.05) is 63.4 Å². The molecule has 8 nitrogen and oxygen atoms in total. The van der Waals surface area contributed by atoms with Gasteiger partial charge in [-0.15, -0.1) is 0 Å². The summed E-state index contributed by atoms with van der Waals surface area (Å²) in [6.07, 6.45) is 0.304. The van der Waals surface area contributed by atoms with Gasteiger partial charge in [0.15, 0.2) is 5.67 Å². The lowest BCUT2D eigenvalue weighted by Crippen LogP contribution is -2.47. The quantitative estimate of drug-likeness (QED) is 0.281. The van der Waals surface area contributed by atoms with Crippen molar-refractivity contribution in [1.29, 1.82) is 0 Å². The lowest BCUT2D eigenvalue weighted by atomic mass is 9.75. The van der Waals surface area contributed by atoms with Crippen LogP contribution in [0.2, 0.25) is 0 Å². The first-order valence-electron chi connectivity index (χ1n) is 18.2. The van der Waals surface area contributed by atoms with Gasteiger partial charge in [0.1, 0.15) is 5.75 Å².